The molecule has 1 atom stereocenters. The fourth-order valence-corrected chi connectivity index (χ4v) is 1.80. The third kappa shape index (κ3) is 1.60. The molecule has 0 saturated carbocycles. The zero-order valence-electron chi connectivity index (χ0n) is 8.22. The van der Waals surface area contributed by atoms with Gasteiger partial charge in [0.1, 0.15) is 11.6 Å². The summed E-state index contributed by atoms with van der Waals surface area (Å²) in [6.45, 7) is 2.53. The summed E-state index contributed by atoms with van der Waals surface area (Å²) in [6, 6.07) is 3.26. The van der Waals surface area contributed by atoms with E-state index in [0.717, 1.165) is 17.7 Å². The number of nitrogens with two attached hydrogens (primary N) is 1. The molecule has 0 fully saturated rings. The van der Waals surface area contributed by atoms with E-state index in [0.29, 0.717) is 18.6 Å². The van der Waals surface area contributed by atoms with E-state index in [1.54, 1.807) is 6.07 Å². The summed E-state index contributed by atoms with van der Waals surface area (Å²) in [6.07, 6.45) is 1.41. The minimum absolute atomic E-state index is 0.0415. The van der Waals surface area contributed by atoms with Crippen LogP contribution in [-0.4, -0.2) is 12.6 Å². The molecular formula is C11H14FNO. The third-order valence-corrected chi connectivity index (χ3v) is 2.43. The van der Waals surface area contributed by atoms with Crippen LogP contribution < -0.4 is 10.5 Å². The number of halogens is 1. The highest BCUT2D eigenvalue weighted by atomic mass is 19.1. The molecule has 3 heteroatoms. The van der Waals surface area contributed by atoms with Gasteiger partial charge in [-0.1, -0.05) is 6.07 Å². The van der Waals surface area contributed by atoms with Crippen LogP contribution in [0.5, 0.6) is 5.75 Å². The Kier molecular flexibility index (Phi) is 2.42. The van der Waals surface area contributed by atoms with E-state index < -0.39 is 0 Å². The summed E-state index contributed by atoms with van der Waals surface area (Å²) in [5.41, 5.74) is 7.40. The first-order valence-corrected chi connectivity index (χ1v) is 4.87. The first kappa shape index (κ1) is 9.46. The van der Waals surface area contributed by atoms with Crippen molar-refractivity contribution in [2.75, 3.05) is 6.61 Å². The van der Waals surface area contributed by atoms with Gasteiger partial charge in [0, 0.05) is 18.0 Å². The van der Waals surface area contributed by atoms with Crippen LogP contribution in [-0.2, 0) is 12.8 Å². The molecular weight excluding hydrogens is 181 g/mol. The zero-order chi connectivity index (χ0) is 10.1. The Morgan fingerprint density at radius 1 is 1.57 bits per heavy atom. The van der Waals surface area contributed by atoms with E-state index in [2.05, 4.69) is 0 Å². The minimum atomic E-state index is -0.206. The van der Waals surface area contributed by atoms with E-state index in [4.69, 9.17) is 10.5 Å². The molecule has 1 heterocycles. The topological polar surface area (TPSA) is 35.2 Å². The highest BCUT2D eigenvalue weighted by molar-refractivity contribution is 5.45. The van der Waals surface area contributed by atoms with Crippen molar-refractivity contribution < 1.29 is 9.13 Å². The number of rotatable bonds is 2. The molecule has 1 aliphatic heterocycles. The van der Waals surface area contributed by atoms with Gasteiger partial charge in [-0.3, -0.25) is 0 Å². The van der Waals surface area contributed by atoms with Crippen LogP contribution in [0.25, 0.3) is 0 Å². The predicted molar refractivity (Wildman–Crippen MR) is 53.0 cm³/mol. The van der Waals surface area contributed by atoms with Crippen LogP contribution in [0.2, 0.25) is 0 Å². The summed E-state index contributed by atoms with van der Waals surface area (Å²) < 4.78 is 18.9. The predicted octanol–water partition coefficient (Wildman–Crippen LogP) is 1.65. The second-order valence-corrected chi connectivity index (χ2v) is 3.79. The number of benzene rings is 1. The fourth-order valence-electron chi connectivity index (χ4n) is 1.80. The highest BCUT2D eigenvalue weighted by Gasteiger charge is 2.20. The van der Waals surface area contributed by atoms with E-state index in [9.17, 15) is 4.39 Å². The maximum Gasteiger partial charge on any atom is 0.130 e. The Morgan fingerprint density at radius 3 is 3.07 bits per heavy atom. The van der Waals surface area contributed by atoms with E-state index in [-0.39, 0.29) is 11.9 Å². The van der Waals surface area contributed by atoms with Crippen LogP contribution in [0.3, 0.4) is 0 Å². The van der Waals surface area contributed by atoms with Gasteiger partial charge < -0.3 is 10.5 Å². The molecule has 2 rings (SSSR count). The largest absolute Gasteiger partial charge is 0.493 e. The Bertz CT molecular complexity index is 349. The van der Waals surface area contributed by atoms with Gasteiger partial charge in [-0.05, 0) is 25.0 Å². The van der Waals surface area contributed by atoms with Crippen LogP contribution in [0.15, 0.2) is 12.1 Å². The third-order valence-electron chi connectivity index (χ3n) is 2.43. The molecule has 1 aromatic carbocycles. The molecule has 0 amide bonds. The number of fused-ring (bicyclic) bond motifs is 1. The lowest BCUT2D eigenvalue weighted by Gasteiger charge is -2.11. The lowest BCUT2D eigenvalue weighted by atomic mass is 10.0. The van der Waals surface area contributed by atoms with Crippen molar-refractivity contribution in [2.45, 2.75) is 25.8 Å². The van der Waals surface area contributed by atoms with Gasteiger partial charge in [-0.25, -0.2) is 4.39 Å². The second-order valence-electron chi connectivity index (χ2n) is 3.79. The summed E-state index contributed by atoms with van der Waals surface area (Å²) in [5.74, 6) is 0.519. The number of hydrogen-bond acceptors (Lipinski definition) is 2. The summed E-state index contributed by atoms with van der Waals surface area (Å²) >= 11 is 0. The minimum Gasteiger partial charge on any atom is -0.493 e. The van der Waals surface area contributed by atoms with E-state index >= 15 is 0 Å². The second kappa shape index (κ2) is 3.58. The summed E-state index contributed by atoms with van der Waals surface area (Å²) in [5, 5.41) is 0. The van der Waals surface area contributed by atoms with Gasteiger partial charge in [-0.2, -0.15) is 0 Å². The Hall–Kier alpha value is -1.09. The van der Waals surface area contributed by atoms with Crippen molar-refractivity contribution in [1.29, 1.82) is 0 Å². The van der Waals surface area contributed by atoms with Crippen molar-refractivity contribution in [1.82, 2.24) is 0 Å². The molecule has 76 valence electrons. The van der Waals surface area contributed by atoms with Crippen molar-refractivity contribution in [2.24, 2.45) is 5.73 Å². The Morgan fingerprint density at radius 2 is 2.36 bits per heavy atom. The molecule has 2 N–H and O–H groups in total. The van der Waals surface area contributed by atoms with Crippen LogP contribution >= 0.6 is 0 Å². The Balaban J connectivity index is 2.41. The first-order chi connectivity index (χ1) is 6.68. The average Bonchev–Trinajstić information content (AvgIpc) is 2.57. The SMILES string of the molecule is CC(N)Cc1c(F)ccc2c1OCC2. The van der Waals surface area contributed by atoms with Gasteiger partial charge in [-0.15, -0.1) is 0 Å². The Labute approximate surface area is 82.9 Å². The molecule has 1 aliphatic rings. The van der Waals surface area contributed by atoms with Gasteiger partial charge in [0.15, 0.2) is 0 Å². The molecule has 0 bridgehead atoms. The molecule has 0 aromatic heterocycles. The zero-order valence-corrected chi connectivity index (χ0v) is 8.22. The molecule has 2 nitrogen and oxygen atoms in total. The van der Waals surface area contributed by atoms with Crippen molar-refractivity contribution >= 4 is 0 Å². The molecule has 0 radical (unpaired) electrons. The average molecular weight is 195 g/mol. The summed E-state index contributed by atoms with van der Waals surface area (Å²) in [7, 11) is 0. The maximum absolute atomic E-state index is 13.5. The van der Waals surface area contributed by atoms with Crippen molar-refractivity contribution in [3.63, 3.8) is 0 Å². The molecule has 0 saturated heterocycles. The van der Waals surface area contributed by atoms with Crippen molar-refractivity contribution in [3.8, 4) is 5.75 Å². The molecule has 14 heavy (non-hydrogen) atoms. The molecule has 1 unspecified atom stereocenters. The van der Waals surface area contributed by atoms with Gasteiger partial charge in [0.2, 0.25) is 0 Å². The van der Waals surface area contributed by atoms with Crippen molar-refractivity contribution in [3.05, 3.63) is 29.1 Å². The maximum atomic E-state index is 13.5. The first-order valence-electron chi connectivity index (χ1n) is 4.87. The number of ether oxygens (including phenoxy) is 1. The van der Waals surface area contributed by atoms with E-state index in [1.165, 1.54) is 6.07 Å². The smallest absolute Gasteiger partial charge is 0.130 e. The molecule has 0 aliphatic carbocycles. The van der Waals surface area contributed by atoms with E-state index in [1.807, 2.05) is 6.92 Å². The van der Waals surface area contributed by atoms with Gasteiger partial charge in [0.05, 0.1) is 6.61 Å². The molecule has 1 aromatic rings. The lowest BCUT2D eigenvalue weighted by molar-refractivity contribution is 0.350. The van der Waals surface area contributed by atoms with Gasteiger partial charge in [0.25, 0.3) is 0 Å². The standard InChI is InChI=1S/C11H14FNO/c1-7(13)6-9-10(12)3-2-8-4-5-14-11(8)9/h2-3,7H,4-6,13H2,1H3. The quantitative estimate of drug-likeness (QED) is 0.778. The normalized spacial score (nSPS) is 16.2. The monoisotopic (exact) mass is 195 g/mol. The van der Waals surface area contributed by atoms with Crippen LogP contribution in [0.4, 0.5) is 4.39 Å². The number of hydrogen-bond donors (Lipinski definition) is 1. The fraction of sp³-hybridized carbons (Fsp3) is 0.455. The van der Waals surface area contributed by atoms with Crippen LogP contribution in [0.1, 0.15) is 18.1 Å². The van der Waals surface area contributed by atoms with Gasteiger partial charge >= 0.3 is 0 Å². The lowest BCUT2D eigenvalue weighted by Crippen LogP contribution is -2.19. The molecule has 0 spiro atoms. The summed E-state index contributed by atoms with van der Waals surface area (Å²) in [4.78, 5) is 0. The highest BCUT2D eigenvalue weighted by Crippen LogP contribution is 2.32. The van der Waals surface area contributed by atoms with Crippen LogP contribution in [0, 0.1) is 5.82 Å².